The van der Waals surface area contributed by atoms with Crippen LogP contribution in [0.25, 0.3) is 21.8 Å². The van der Waals surface area contributed by atoms with Crippen molar-refractivity contribution in [3.05, 3.63) is 82.3 Å². The summed E-state index contributed by atoms with van der Waals surface area (Å²) in [7, 11) is 1.83. The second kappa shape index (κ2) is 6.06. The Bertz CT molecular complexity index is 1330. The lowest BCUT2D eigenvalue weighted by Crippen LogP contribution is -2.48. The average Bonchev–Trinajstić information content (AvgIpc) is 3.11. The molecular formula is C23H21N3O3. The number of aliphatic hydroxyl groups is 1. The van der Waals surface area contributed by atoms with Crippen molar-refractivity contribution >= 4 is 27.7 Å². The molecule has 2 aromatic carbocycles. The molecule has 0 saturated carbocycles. The van der Waals surface area contributed by atoms with Gasteiger partial charge in [0.15, 0.2) is 0 Å². The lowest BCUT2D eigenvalue weighted by Gasteiger charge is -2.30. The second-order valence-corrected chi connectivity index (χ2v) is 7.67. The van der Waals surface area contributed by atoms with Gasteiger partial charge in [-0.3, -0.25) is 19.1 Å². The molecule has 1 amide bonds. The number of hydrogen-bond acceptors (Lipinski definition) is 3. The van der Waals surface area contributed by atoms with Gasteiger partial charge in [-0.2, -0.15) is 0 Å². The van der Waals surface area contributed by atoms with Gasteiger partial charge in [-0.15, -0.1) is 0 Å². The van der Waals surface area contributed by atoms with Gasteiger partial charge in [0.25, 0.3) is 11.5 Å². The number of para-hydroxylation sites is 1. The Morgan fingerprint density at radius 3 is 2.41 bits per heavy atom. The summed E-state index contributed by atoms with van der Waals surface area (Å²) in [6.07, 6.45) is 0.591. The molecule has 29 heavy (non-hydrogen) atoms. The summed E-state index contributed by atoms with van der Waals surface area (Å²) in [6, 6.07) is 19.2. The maximum atomic E-state index is 13.4. The van der Waals surface area contributed by atoms with Crippen molar-refractivity contribution < 1.29 is 9.90 Å². The van der Waals surface area contributed by atoms with E-state index in [-0.39, 0.29) is 17.2 Å². The highest BCUT2D eigenvalue weighted by Crippen LogP contribution is 2.33. The van der Waals surface area contributed by atoms with E-state index in [9.17, 15) is 14.7 Å². The summed E-state index contributed by atoms with van der Waals surface area (Å²) in [5, 5.41) is 12.9. The fourth-order valence-electron chi connectivity index (χ4n) is 4.47. The van der Waals surface area contributed by atoms with Gasteiger partial charge in [-0.1, -0.05) is 48.5 Å². The lowest BCUT2D eigenvalue weighted by atomic mass is 10.1. The molecule has 1 aliphatic rings. The number of carbonyl (C=O) groups is 1. The molecular weight excluding hydrogens is 366 g/mol. The Kier molecular flexibility index (Phi) is 3.70. The predicted molar refractivity (Wildman–Crippen MR) is 112 cm³/mol. The van der Waals surface area contributed by atoms with Gasteiger partial charge in [-0.05, 0) is 24.1 Å². The SMILES string of the molecule is Cn1c2ccccc2c2cc3n(c(=O)c21)[C@@](C)(O)N(CCc1ccccc1)C3=O. The van der Waals surface area contributed by atoms with Crippen molar-refractivity contribution in [2.75, 3.05) is 6.54 Å². The van der Waals surface area contributed by atoms with Crippen LogP contribution in [0.3, 0.4) is 0 Å². The van der Waals surface area contributed by atoms with Crippen LogP contribution >= 0.6 is 0 Å². The highest BCUT2D eigenvalue weighted by atomic mass is 16.3. The minimum Gasteiger partial charge on any atom is -0.354 e. The minimum absolute atomic E-state index is 0.219. The second-order valence-electron chi connectivity index (χ2n) is 7.67. The molecule has 1 atom stereocenters. The van der Waals surface area contributed by atoms with Crippen molar-refractivity contribution in [1.29, 1.82) is 0 Å². The average molecular weight is 387 g/mol. The van der Waals surface area contributed by atoms with Gasteiger partial charge < -0.3 is 9.67 Å². The molecule has 1 N–H and O–H groups in total. The molecule has 2 aromatic heterocycles. The topological polar surface area (TPSA) is 67.5 Å². The van der Waals surface area contributed by atoms with Crippen LogP contribution in [0.5, 0.6) is 0 Å². The van der Waals surface area contributed by atoms with Gasteiger partial charge in [-0.25, -0.2) is 0 Å². The highest BCUT2D eigenvalue weighted by molar-refractivity contribution is 6.10. The number of hydrogen-bond donors (Lipinski definition) is 1. The summed E-state index contributed by atoms with van der Waals surface area (Å²) in [5.41, 5.74) is 2.31. The van der Waals surface area contributed by atoms with Gasteiger partial charge in [0.1, 0.15) is 11.2 Å². The van der Waals surface area contributed by atoms with E-state index in [1.54, 1.807) is 6.07 Å². The molecule has 3 heterocycles. The maximum Gasteiger partial charge on any atom is 0.279 e. The van der Waals surface area contributed by atoms with Crippen molar-refractivity contribution in [2.24, 2.45) is 7.05 Å². The summed E-state index contributed by atoms with van der Waals surface area (Å²) >= 11 is 0. The van der Waals surface area contributed by atoms with Crippen LogP contribution in [0.4, 0.5) is 0 Å². The fourth-order valence-corrected chi connectivity index (χ4v) is 4.47. The van der Waals surface area contributed by atoms with Crippen molar-refractivity contribution in [3.63, 3.8) is 0 Å². The molecule has 0 radical (unpaired) electrons. The molecule has 4 aromatic rings. The van der Waals surface area contributed by atoms with Gasteiger partial charge in [0.2, 0.25) is 5.85 Å². The molecule has 6 nitrogen and oxygen atoms in total. The number of pyridine rings is 1. The van der Waals surface area contributed by atoms with Crippen LogP contribution in [-0.2, 0) is 19.3 Å². The standard InChI is InChI=1S/C23H21N3O3/c1-23(29)25(13-12-15-8-4-3-5-9-15)21(27)19-14-17-16-10-6-7-11-18(16)24(2)20(17)22(28)26(19)23/h3-11,14,29H,12-13H2,1-2H3/t23-/m0/s1. The quantitative estimate of drug-likeness (QED) is 0.588. The van der Waals surface area contributed by atoms with E-state index >= 15 is 0 Å². The molecule has 0 fully saturated rings. The zero-order valence-corrected chi connectivity index (χ0v) is 16.3. The van der Waals surface area contributed by atoms with Crippen LogP contribution in [0.15, 0.2) is 65.5 Å². The third kappa shape index (κ3) is 2.39. The van der Waals surface area contributed by atoms with Crippen LogP contribution in [-0.4, -0.2) is 31.6 Å². The predicted octanol–water partition coefficient (Wildman–Crippen LogP) is 2.81. The Labute approximate surface area is 167 Å². The first kappa shape index (κ1) is 17.7. The Balaban J connectivity index is 1.66. The molecule has 0 spiro atoms. The molecule has 146 valence electrons. The third-order valence-corrected chi connectivity index (χ3v) is 5.94. The number of amides is 1. The number of aromatic nitrogens is 2. The molecule has 0 bridgehead atoms. The number of aryl methyl sites for hydroxylation is 1. The van der Waals surface area contributed by atoms with E-state index in [2.05, 4.69) is 0 Å². The molecule has 0 aliphatic carbocycles. The first-order chi connectivity index (χ1) is 13.9. The van der Waals surface area contributed by atoms with Crippen molar-refractivity contribution in [2.45, 2.75) is 19.2 Å². The first-order valence-electron chi connectivity index (χ1n) is 9.63. The Morgan fingerprint density at radius 1 is 0.966 bits per heavy atom. The van der Waals surface area contributed by atoms with E-state index < -0.39 is 5.85 Å². The summed E-state index contributed by atoms with van der Waals surface area (Å²) in [6.45, 7) is 1.82. The number of nitrogens with zero attached hydrogens (tertiary/aromatic N) is 3. The fraction of sp³-hybridized carbons (Fsp3) is 0.217. The summed E-state index contributed by atoms with van der Waals surface area (Å²) < 4.78 is 3.05. The summed E-state index contributed by atoms with van der Waals surface area (Å²) in [4.78, 5) is 27.9. The minimum atomic E-state index is -1.72. The molecule has 6 heteroatoms. The van der Waals surface area contributed by atoms with Crippen molar-refractivity contribution in [1.82, 2.24) is 14.0 Å². The zero-order valence-electron chi connectivity index (χ0n) is 16.3. The largest absolute Gasteiger partial charge is 0.354 e. The smallest absolute Gasteiger partial charge is 0.279 e. The van der Waals surface area contributed by atoms with Crippen LogP contribution < -0.4 is 5.56 Å². The Morgan fingerprint density at radius 2 is 1.66 bits per heavy atom. The van der Waals surface area contributed by atoms with E-state index in [1.165, 1.54) is 16.4 Å². The van der Waals surface area contributed by atoms with Crippen molar-refractivity contribution in [3.8, 4) is 0 Å². The van der Waals surface area contributed by atoms with E-state index in [1.807, 2.05) is 66.2 Å². The number of benzene rings is 2. The van der Waals surface area contributed by atoms with E-state index in [0.29, 0.717) is 18.5 Å². The molecule has 1 aliphatic heterocycles. The zero-order chi connectivity index (χ0) is 20.3. The normalized spacial score (nSPS) is 18.7. The number of rotatable bonds is 3. The van der Waals surface area contributed by atoms with Gasteiger partial charge in [0, 0.05) is 36.8 Å². The molecule has 0 saturated heterocycles. The number of fused-ring (bicyclic) bond motifs is 4. The van der Waals surface area contributed by atoms with Gasteiger partial charge in [0.05, 0.1) is 0 Å². The lowest BCUT2D eigenvalue weighted by molar-refractivity contribution is -0.123. The monoisotopic (exact) mass is 387 g/mol. The van der Waals surface area contributed by atoms with Gasteiger partial charge >= 0.3 is 0 Å². The van der Waals surface area contributed by atoms with Crippen LogP contribution in [0.1, 0.15) is 23.0 Å². The van der Waals surface area contributed by atoms with Crippen LogP contribution in [0, 0.1) is 0 Å². The first-order valence-corrected chi connectivity index (χ1v) is 9.63. The summed E-state index contributed by atoms with van der Waals surface area (Å²) in [5.74, 6) is -2.05. The van der Waals surface area contributed by atoms with Crippen LogP contribution in [0.2, 0.25) is 0 Å². The number of carbonyl (C=O) groups excluding carboxylic acids is 1. The van der Waals surface area contributed by atoms with E-state index in [4.69, 9.17) is 0 Å². The molecule has 0 unspecified atom stereocenters. The maximum absolute atomic E-state index is 13.4. The third-order valence-electron chi connectivity index (χ3n) is 5.94. The Hall–Kier alpha value is -3.38. The van der Waals surface area contributed by atoms with E-state index in [0.717, 1.165) is 21.9 Å². The molecule has 5 rings (SSSR count). The highest BCUT2D eigenvalue weighted by Gasteiger charge is 2.46.